The number of hydrogen-bond acceptors (Lipinski definition) is 6. The molecule has 2 aromatic carbocycles. The summed E-state index contributed by atoms with van der Waals surface area (Å²) in [7, 11) is 3.11. The molecule has 0 atom stereocenters. The molecule has 1 fully saturated rings. The number of oxime groups is 1. The predicted molar refractivity (Wildman–Crippen MR) is 109 cm³/mol. The number of rotatable bonds is 7. The third-order valence-corrected chi connectivity index (χ3v) is 5.02. The summed E-state index contributed by atoms with van der Waals surface area (Å²) in [6.07, 6.45) is 2.29. The van der Waals surface area contributed by atoms with Gasteiger partial charge in [-0.05, 0) is 59.9 Å². The molecule has 1 saturated carbocycles. The quantitative estimate of drug-likeness (QED) is 0.455. The molecule has 0 amide bonds. The van der Waals surface area contributed by atoms with Crippen molar-refractivity contribution in [2.75, 3.05) is 7.11 Å². The van der Waals surface area contributed by atoms with E-state index in [9.17, 15) is 4.79 Å². The topological polar surface area (TPSA) is 83.5 Å². The first kappa shape index (κ1) is 18.9. The van der Waals surface area contributed by atoms with E-state index in [2.05, 4.69) is 21.6 Å². The van der Waals surface area contributed by atoms with Gasteiger partial charge in [-0.1, -0.05) is 29.4 Å². The third-order valence-electron chi connectivity index (χ3n) is 5.02. The van der Waals surface area contributed by atoms with Gasteiger partial charge in [0.05, 0.1) is 11.4 Å². The van der Waals surface area contributed by atoms with Gasteiger partial charge in [-0.2, -0.15) is 9.36 Å². The van der Waals surface area contributed by atoms with Crippen LogP contribution in [-0.2, 0) is 18.5 Å². The van der Waals surface area contributed by atoms with Gasteiger partial charge in [0.25, 0.3) is 0 Å². The van der Waals surface area contributed by atoms with Gasteiger partial charge < -0.3 is 9.57 Å². The molecule has 1 aliphatic carbocycles. The zero-order valence-corrected chi connectivity index (χ0v) is 16.7. The average molecular weight is 393 g/mol. The molecule has 1 aliphatic rings. The Bertz CT molecular complexity index is 1110. The van der Waals surface area contributed by atoms with Gasteiger partial charge in [0.2, 0.25) is 0 Å². The first-order valence-corrected chi connectivity index (χ1v) is 9.50. The number of aryl methyl sites for hydroxylation is 1. The van der Waals surface area contributed by atoms with Crippen molar-refractivity contribution in [2.24, 2.45) is 12.2 Å². The molecule has 8 heteroatoms. The highest BCUT2D eigenvalue weighted by Crippen LogP contribution is 2.43. The number of hydrogen-bond donors (Lipinski definition) is 0. The minimum absolute atomic E-state index is 0.285. The minimum Gasteiger partial charge on any atom is -0.489 e. The van der Waals surface area contributed by atoms with Gasteiger partial charge in [0.15, 0.2) is 0 Å². The van der Waals surface area contributed by atoms with Crippen LogP contribution >= 0.6 is 0 Å². The summed E-state index contributed by atoms with van der Waals surface area (Å²) < 4.78 is 8.67. The normalized spacial score (nSPS) is 14.1. The van der Waals surface area contributed by atoms with Crippen LogP contribution in [0, 0.1) is 0 Å². The molecule has 0 aliphatic heterocycles. The number of tetrazole rings is 1. The van der Waals surface area contributed by atoms with E-state index >= 15 is 0 Å². The lowest BCUT2D eigenvalue weighted by Crippen LogP contribution is -2.23. The predicted octanol–water partition coefficient (Wildman–Crippen LogP) is 2.79. The first-order chi connectivity index (χ1) is 14.1. The van der Waals surface area contributed by atoms with Crippen LogP contribution in [0.5, 0.6) is 5.75 Å². The molecule has 4 rings (SSSR count). The van der Waals surface area contributed by atoms with Crippen molar-refractivity contribution in [1.82, 2.24) is 19.8 Å². The van der Waals surface area contributed by atoms with Gasteiger partial charge in [-0.15, -0.1) is 0 Å². The minimum atomic E-state index is -0.285. The van der Waals surface area contributed by atoms with Gasteiger partial charge in [-0.3, -0.25) is 0 Å². The van der Waals surface area contributed by atoms with E-state index in [-0.39, 0.29) is 5.69 Å². The molecule has 0 radical (unpaired) electrons. The Labute approximate surface area is 168 Å². The van der Waals surface area contributed by atoms with Crippen molar-refractivity contribution in [1.29, 1.82) is 0 Å². The lowest BCUT2D eigenvalue weighted by atomic mass is 10.0. The molecular weight excluding hydrogens is 370 g/mol. The summed E-state index contributed by atoms with van der Waals surface area (Å²) in [6.45, 7) is 2.21. The fourth-order valence-electron chi connectivity index (χ4n) is 3.35. The summed E-state index contributed by atoms with van der Waals surface area (Å²) >= 11 is 0. The highest BCUT2D eigenvalue weighted by atomic mass is 16.6. The van der Waals surface area contributed by atoms with E-state index in [0.29, 0.717) is 18.2 Å². The Morgan fingerprint density at radius 3 is 2.69 bits per heavy atom. The average Bonchev–Trinajstić information content (AvgIpc) is 3.53. The van der Waals surface area contributed by atoms with Gasteiger partial charge >= 0.3 is 5.69 Å². The molecule has 8 nitrogen and oxygen atoms in total. The molecule has 1 aromatic heterocycles. The Balaban J connectivity index is 1.67. The van der Waals surface area contributed by atoms with Crippen molar-refractivity contribution in [3.8, 4) is 11.4 Å². The molecule has 0 unspecified atom stereocenters. The van der Waals surface area contributed by atoms with Crippen molar-refractivity contribution >= 4 is 5.71 Å². The van der Waals surface area contributed by atoms with E-state index in [1.165, 1.54) is 22.0 Å². The number of ether oxygens (including phenoxy) is 1. The second kappa shape index (κ2) is 7.90. The van der Waals surface area contributed by atoms with Crippen molar-refractivity contribution < 1.29 is 9.57 Å². The zero-order valence-electron chi connectivity index (χ0n) is 16.7. The molecule has 0 spiro atoms. The summed E-state index contributed by atoms with van der Waals surface area (Å²) in [6, 6.07) is 13.6. The summed E-state index contributed by atoms with van der Waals surface area (Å²) in [5.41, 5.74) is 4.28. The maximum atomic E-state index is 12.4. The van der Waals surface area contributed by atoms with Crippen molar-refractivity contribution in [2.45, 2.75) is 32.3 Å². The van der Waals surface area contributed by atoms with Gasteiger partial charge in [0, 0.05) is 18.2 Å². The Hall–Kier alpha value is -3.42. The summed E-state index contributed by atoms with van der Waals surface area (Å²) in [5.74, 6) is 1.22. The van der Waals surface area contributed by atoms with Crippen LogP contribution in [0.25, 0.3) is 5.69 Å². The van der Waals surface area contributed by atoms with Crippen LogP contribution in [0.15, 0.2) is 52.4 Å². The van der Waals surface area contributed by atoms with Crippen LogP contribution in [0.4, 0.5) is 0 Å². The lowest BCUT2D eigenvalue weighted by molar-refractivity contribution is 0.213. The second-order valence-electron chi connectivity index (χ2n) is 7.09. The molecule has 1 heterocycles. The molecule has 0 saturated heterocycles. The molecule has 150 valence electrons. The number of aromatic nitrogens is 4. The van der Waals surface area contributed by atoms with Crippen molar-refractivity contribution in [3.63, 3.8) is 0 Å². The summed E-state index contributed by atoms with van der Waals surface area (Å²) in [5, 5.41) is 11.8. The fourth-order valence-corrected chi connectivity index (χ4v) is 3.35. The van der Waals surface area contributed by atoms with E-state index in [1.54, 1.807) is 7.05 Å². The van der Waals surface area contributed by atoms with Crippen LogP contribution in [0.2, 0.25) is 0 Å². The van der Waals surface area contributed by atoms with E-state index in [4.69, 9.17) is 9.57 Å². The highest BCUT2D eigenvalue weighted by Gasteiger charge is 2.28. The monoisotopic (exact) mass is 393 g/mol. The zero-order chi connectivity index (χ0) is 20.4. The number of nitrogens with zero attached hydrogens (tertiary/aromatic N) is 5. The Morgan fingerprint density at radius 1 is 1.21 bits per heavy atom. The molecular formula is C21H23N5O3. The highest BCUT2D eigenvalue weighted by molar-refractivity contribution is 5.98. The summed E-state index contributed by atoms with van der Waals surface area (Å²) in [4.78, 5) is 17.3. The third kappa shape index (κ3) is 3.91. The van der Waals surface area contributed by atoms with Crippen molar-refractivity contribution in [3.05, 3.63) is 69.6 Å². The first-order valence-electron chi connectivity index (χ1n) is 9.50. The smallest absolute Gasteiger partial charge is 0.368 e. The van der Waals surface area contributed by atoms with Crippen LogP contribution in [0.1, 0.15) is 42.4 Å². The molecule has 0 N–H and O–H groups in total. The van der Waals surface area contributed by atoms with E-state index < -0.39 is 0 Å². The molecule has 3 aromatic rings. The lowest BCUT2D eigenvalue weighted by Gasteiger charge is -2.15. The Morgan fingerprint density at radius 2 is 2.00 bits per heavy atom. The maximum absolute atomic E-state index is 12.4. The van der Waals surface area contributed by atoms with Crippen LogP contribution in [-0.4, -0.2) is 32.6 Å². The van der Waals surface area contributed by atoms with Crippen LogP contribution < -0.4 is 10.4 Å². The molecule has 0 bridgehead atoms. The maximum Gasteiger partial charge on any atom is 0.368 e. The van der Waals surface area contributed by atoms with Gasteiger partial charge in [0.1, 0.15) is 19.5 Å². The standard InChI is InChI=1S/C21H23N5O3/c1-14(22-28-3)16-6-4-7-17(12-16)29-13-19-18(15-10-11-15)8-5-9-20(19)26-21(27)25(2)23-24-26/h4-9,12,15H,10-11,13H2,1-3H3. The van der Waals surface area contributed by atoms with E-state index in [0.717, 1.165) is 35.4 Å². The largest absolute Gasteiger partial charge is 0.489 e. The Kier molecular flexibility index (Phi) is 5.16. The SMILES string of the molecule is CON=C(C)c1cccc(OCc2c(C3CC3)cccc2-n2nnn(C)c2=O)c1. The van der Waals surface area contributed by atoms with E-state index in [1.807, 2.05) is 43.3 Å². The van der Waals surface area contributed by atoms with Crippen LogP contribution in [0.3, 0.4) is 0 Å². The molecule has 29 heavy (non-hydrogen) atoms. The second-order valence-corrected chi connectivity index (χ2v) is 7.09. The fraction of sp³-hybridized carbons (Fsp3) is 0.333. The number of benzene rings is 2. The van der Waals surface area contributed by atoms with Gasteiger partial charge in [-0.25, -0.2) is 4.79 Å².